The first-order valence-electron chi connectivity index (χ1n) is 7.55. The molecular weight excluding hydrogens is 409 g/mol. The predicted molar refractivity (Wildman–Crippen MR) is 107 cm³/mol. The highest BCUT2D eigenvalue weighted by Crippen LogP contribution is 2.15. The van der Waals surface area contributed by atoms with E-state index in [1.54, 1.807) is 0 Å². The summed E-state index contributed by atoms with van der Waals surface area (Å²) in [5.74, 6) is 3.83. The molecule has 0 aromatic heterocycles. The molecule has 22 heavy (non-hydrogen) atoms. The number of hydrogen-bond acceptors (Lipinski definition) is 3. The smallest absolute Gasteiger partial charge is 0.191 e. The van der Waals surface area contributed by atoms with Gasteiger partial charge in [0.2, 0.25) is 0 Å². The van der Waals surface area contributed by atoms with Gasteiger partial charge in [0.25, 0.3) is 0 Å². The average molecular weight is 435 g/mol. The lowest BCUT2D eigenvalue weighted by atomic mass is 10.2. The summed E-state index contributed by atoms with van der Waals surface area (Å²) in [6, 6.07) is 8.13. The standard InChI is InChI=1S/C16H25N3OS.HI/c1-3-14(20-15-6-4-5-13(2)11-15)12-18-16(17)19-7-9-21-10-8-19;/h4-6,11,14H,3,7-10,12H2,1-2H3,(H2,17,18);1H. The highest BCUT2D eigenvalue weighted by atomic mass is 127. The number of ether oxygens (including phenoxy) is 1. The molecule has 4 nitrogen and oxygen atoms in total. The minimum atomic E-state index is 0. The normalized spacial score (nSPS) is 16.8. The van der Waals surface area contributed by atoms with E-state index in [1.807, 2.05) is 23.9 Å². The van der Waals surface area contributed by atoms with Crippen molar-refractivity contribution in [2.75, 3.05) is 31.1 Å². The first-order chi connectivity index (χ1) is 10.2. The quantitative estimate of drug-likeness (QED) is 0.439. The monoisotopic (exact) mass is 435 g/mol. The maximum absolute atomic E-state index is 6.08. The van der Waals surface area contributed by atoms with Gasteiger partial charge in [-0.05, 0) is 31.0 Å². The molecule has 1 atom stereocenters. The molecule has 0 bridgehead atoms. The SMILES string of the molecule is CCC(CN=C(N)N1CCSCC1)Oc1cccc(C)c1.I. The summed E-state index contributed by atoms with van der Waals surface area (Å²) in [5.41, 5.74) is 7.28. The van der Waals surface area contributed by atoms with Crippen molar-refractivity contribution in [3.05, 3.63) is 29.8 Å². The van der Waals surface area contributed by atoms with Crippen LogP contribution < -0.4 is 10.5 Å². The van der Waals surface area contributed by atoms with Crippen LogP contribution in [0.25, 0.3) is 0 Å². The Morgan fingerprint density at radius 3 is 2.77 bits per heavy atom. The fraction of sp³-hybridized carbons (Fsp3) is 0.562. The average Bonchev–Trinajstić information content (AvgIpc) is 2.52. The highest BCUT2D eigenvalue weighted by Gasteiger charge is 2.13. The summed E-state index contributed by atoms with van der Waals surface area (Å²) < 4.78 is 6.00. The zero-order valence-corrected chi connectivity index (χ0v) is 16.5. The molecule has 0 aliphatic carbocycles. The second kappa shape index (κ2) is 10.2. The lowest BCUT2D eigenvalue weighted by molar-refractivity contribution is 0.205. The van der Waals surface area contributed by atoms with Crippen molar-refractivity contribution in [1.29, 1.82) is 0 Å². The third kappa shape index (κ3) is 6.24. The van der Waals surface area contributed by atoms with Gasteiger partial charge >= 0.3 is 0 Å². The third-order valence-corrected chi connectivity index (χ3v) is 4.48. The van der Waals surface area contributed by atoms with E-state index in [0.29, 0.717) is 12.5 Å². The lowest BCUT2D eigenvalue weighted by Gasteiger charge is -2.27. The Labute approximate surface area is 154 Å². The summed E-state index contributed by atoms with van der Waals surface area (Å²) in [6.45, 7) is 6.78. The van der Waals surface area contributed by atoms with Crippen molar-refractivity contribution in [1.82, 2.24) is 4.90 Å². The number of benzene rings is 1. The maximum atomic E-state index is 6.08. The summed E-state index contributed by atoms with van der Waals surface area (Å²) in [4.78, 5) is 6.69. The van der Waals surface area contributed by atoms with E-state index in [0.717, 1.165) is 36.8 Å². The first kappa shape index (κ1) is 19.4. The second-order valence-corrected chi connectivity index (χ2v) is 6.49. The minimum absolute atomic E-state index is 0. The number of aryl methyl sites for hydroxylation is 1. The van der Waals surface area contributed by atoms with E-state index in [9.17, 15) is 0 Å². The minimum Gasteiger partial charge on any atom is -0.489 e. The summed E-state index contributed by atoms with van der Waals surface area (Å²) in [7, 11) is 0. The molecule has 1 aliphatic rings. The van der Waals surface area contributed by atoms with Crippen molar-refractivity contribution in [3.8, 4) is 5.75 Å². The van der Waals surface area contributed by atoms with Gasteiger partial charge in [-0.3, -0.25) is 0 Å². The number of nitrogens with zero attached hydrogens (tertiary/aromatic N) is 2. The van der Waals surface area contributed by atoms with Crippen LogP contribution in [0.1, 0.15) is 18.9 Å². The number of guanidine groups is 1. The second-order valence-electron chi connectivity index (χ2n) is 5.26. The van der Waals surface area contributed by atoms with Crippen LogP contribution in [0.4, 0.5) is 0 Å². The van der Waals surface area contributed by atoms with Gasteiger partial charge in [0, 0.05) is 24.6 Å². The van der Waals surface area contributed by atoms with Gasteiger partial charge in [0.15, 0.2) is 5.96 Å². The molecule has 1 heterocycles. The maximum Gasteiger partial charge on any atom is 0.191 e. The van der Waals surface area contributed by atoms with E-state index in [4.69, 9.17) is 10.5 Å². The molecule has 0 saturated carbocycles. The number of thioether (sulfide) groups is 1. The number of rotatable bonds is 5. The third-order valence-electron chi connectivity index (χ3n) is 3.54. The fourth-order valence-electron chi connectivity index (χ4n) is 2.22. The van der Waals surface area contributed by atoms with Crippen LogP contribution >= 0.6 is 35.7 Å². The zero-order chi connectivity index (χ0) is 15.1. The molecule has 1 unspecified atom stereocenters. The van der Waals surface area contributed by atoms with E-state index in [1.165, 1.54) is 5.56 Å². The largest absolute Gasteiger partial charge is 0.489 e. The van der Waals surface area contributed by atoms with Crippen LogP contribution in [-0.4, -0.2) is 48.1 Å². The number of hydrogen-bond donors (Lipinski definition) is 1. The van der Waals surface area contributed by atoms with Gasteiger partial charge < -0.3 is 15.4 Å². The summed E-state index contributed by atoms with van der Waals surface area (Å²) in [5, 5.41) is 0. The van der Waals surface area contributed by atoms with Crippen LogP contribution in [-0.2, 0) is 0 Å². The van der Waals surface area contributed by atoms with Gasteiger partial charge in [-0.1, -0.05) is 19.1 Å². The molecule has 1 aromatic rings. The Hall–Kier alpha value is -0.630. The van der Waals surface area contributed by atoms with Crippen molar-refractivity contribution in [3.63, 3.8) is 0 Å². The van der Waals surface area contributed by atoms with Gasteiger partial charge in [-0.15, -0.1) is 24.0 Å². The van der Waals surface area contributed by atoms with E-state index >= 15 is 0 Å². The molecule has 2 N–H and O–H groups in total. The molecule has 1 fully saturated rings. The molecule has 1 aliphatic heterocycles. The Bertz CT molecular complexity index is 478. The van der Waals surface area contributed by atoms with Gasteiger partial charge in [0.1, 0.15) is 11.9 Å². The first-order valence-corrected chi connectivity index (χ1v) is 8.70. The molecule has 1 saturated heterocycles. The zero-order valence-electron chi connectivity index (χ0n) is 13.3. The van der Waals surface area contributed by atoms with Crippen LogP contribution in [0.15, 0.2) is 29.3 Å². The van der Waals surface area contributed by atoms with Gasteiger partial charge in [-0.2, -0.15) is 11.8 Å². The van der Waals surface area contributed by atoms with Gasteiger partial charge in [-0.25, -0.2) is 4.99 Å². The topological polar surface area (TPSA) is 50.8 Å². The Morgan fingerprint density at radius 1 is 1.41 bits per heavy atom. The molecule has 1 aromatic carbocycles. The van der Waals surface area contributed by atoms with Gasteiger partial charge in [0.05, 0.1) is 6.54 Å². The molecule has 0 radical (unpaired) electrons. The molecular formula is C16H26IN3OS. The summed E-state index contributed by atoms with van der Waals surface area (Å²) in [6.07, 6.45) is 0.991. The molecule has 6 heteroatoms. The number of halogens is 1. The molecule has 124 valence electrons. The van der Waals surface area contributed by atoms with E-state index < -0.39 is 0 Å². The van der Waals surface area contributed by atoms with E-state index in [2.05, 4.69) is 35.9 Å². The Morgan fingerprint density at radius 2 is 2.14 bits per heavy atom. The number of nitrogens with two attached hydrogens (primary N) is 1. The van der Waals surface area contributed by atoms with E-state index in [-0.39, 0.29) is 30.1 Å². The highest BCUT2D eigenvalue weighted by molar-refractivity contribution is 14.0. The molecule has 2 rings (SSSR count). The van der Waals surface area contributed by atoms with Crippen molar-refractivity contribution >= 4 is 41.7 Å². The van der Waals surface area contributed by atoms with Crippen molar-refractivity contribution in [2.45, 2.75) is 26.4 Å². The van der Waals surface area contributed by atoms with Crippen LogP contribution in [0, 0.1) is 6.92 Å². The Balaban J connectivity index is 0.00000242. The fourth-order valence-corrected chi connectivity index (χ4v) is 3.12. The Kier molecular flexibility index (Phi) is 9.00. The predicted octanol–water partition coefficient (Wildman–Crippen LogP) is 3.13. The van der Waals surface area contributed by atoms with Crippen molar-refractivity contribution < 1.29 is 4.74 Å². The van der Waals surface area contributed by atoms with Crippen molar-refractivity contribution in [2.24, 2.45) is 10.7 Å². The lowest BCUT2D eigenvalue weighted by Crippen LogP contribution is -2.43. The van der Waals surface area contributed by atoms with Crippen LogP contribution in [0.5, 0.6) is 5.75 Å². The van der Waals surface area contributed by atoms with Crippen LogP contribution in [0.3, 0.4) is 0 Å². The molecule has 0 spiro atoms. The summed E-state index contributed by atoms with van der Waals surface area (Å²) >= 11 is 1.97. The van der Waals surface area contributed by atoms with Crippen LogP contribution in [0.2, 0.25) is 0 Å². The number of aliphatic imine (C=N–C) groups is 1. The molecule has 0 amide bonds.